The van der Waals surface area contributed by atoms with Crippen LogP contribution in [0.15, 0.2) is 48.5 Å². The van der Waals surface area contributed by atoms with Gasteiger partial charge in [-0.25, -0.2) is 0 Å². The number of carbonyl (C=O) groups is 2. The molecule has 0 aliphatic carbocycles. The highest BCUT2D eigenvalue weighted by atomic mass is 19.4. The average Bonchev–Trinajstić information content (AvgIpc) is 3.18. The first kappa shape index (κ1) is 21.9. The lowest BCUT2D eigenvalue weighted by Gasteiger charge is -2.35. The summed E-state index contributed by atoms with van der Waals surface area (Å²) in [7, 11) is 0. The SMILES string of the molecule is O=C(CN1CCN(C(=O)[C@H]2Cc3ccccc3O2)CC1)Nc1ccc(OC(F)(F)F)cc1. The van der Waals surface area contributed by atoms with Crippen LogP contribution in [-0.2, 0) is 16.0 Å². The van der Waals surface area contributed by atoms with Gasteiger partial charge in [-0.1, -0.05) is 18.2 Å². The lowest BCUT2D eigenvalue weighted by Crippen LogP contribution is -2.53. The van der Waals surface area contributed by atoms with Crippen LogP contribution in [0.25, 0.3) is 0 Å². The number of nitrogens with one attached hydrogen (secondary N) is 1. The minimum Gasteiger partial charge on any atom is -0.480 e. The Hall–Kier alpha value is -3.27. The molecule has 4 rings (SSSR count). The van der Waals surface area contributed by atoms with Crippen molar-refractivity contribution in [3.8, 4) is 11.5 Å². The standard InChI is InChI=1S/C22H22F3N3O4/c23-22(24,25)32-17-7-5-16(6-8-17)26-20(29)14-27-9-11-28(12-10-27)21(30)19-13-15-3-1-2-4-18(15)31-19/h1-8,19H,9-14H2,(H,26,29)/t19-/m1/s1. The maximum absolute atomic E-state index is 12.8. The third-order valence-corrected chi connectivity index (χ3v) is 5.35. The highest BCUT2D eigenvalue weighted by Crippen LogP contribution is 2.29. The summed E-state index contributed by atoms with van der Waals surface area (Å²) in [6, 6.07) is 12.6. The molecule has 10 heteroatoms. The fourth-order valence-electron chi connectivity index (χ4n) is 3.79. The number of halogens is 3. The van der Waals surface area contributed by atoms with Crippen molar-refractivity contribution >= 4 is 17.5 Å². The summed E-state index contributed by atoms with van der Waals surface area (Å²) in [5.41, 5.74) is 1.40. The van der Waals surface area contributed by atoms with Crippen LogP contribution in [0.4, 0.5) is 18.9 Å². The Morgan fingerprint density at radius 3 is 2.38 bits per heavy atom. The van der Waals surface area contributed by atoms with Crippen molar-refractivity contribution in [2.45, 2.75) is 18.9 Å². The van der Waals surface area contributed by atoms with E-state index in [4.69, 9.17) is 4.74 Å². The smallest absolute Gasteiger partial charge is 0.480 e. The largest absolute Gasteiger partial charge is 0.573 e. The van der Waals surface area contributed by atoms with Crippen LogP contribution < -0.4 is 14.8 Å². The number of benzene rings is 2. The van der Waals surface area contributed by atoms with Gasteiger partial charge in [0.25, 0.3) is 5.91 Å². The Labute approximate surface area is 182 Å². The molecule has 2 aromatic carbocycles. The van der Waals surface area contributed by atoms with Crippen LogP contribution in [0.3, 0.4) is 0 Å². The zero-order chi connectivity index (χ0) is 22.7. The van der Waals surface area contributed by atoms with Crippen molar-refractivity contribution in [2.75, 3.05) is 38.0 Å². The maximum atomic E-state index is 12.8. The molecule has 1 fully saturated rings. The van der Waals surface area contributed by atoms with Gasteiger partial charge in [-0.3, -0.25) is 14.5 Å². The van der Waals surface area contributed by atoms with Crippen LogP contribution in [0, 0.1) is 0 Å². The van der Waals surface area contributed by atoms with E-state index in [2.05, 4.69) is 10.1 Å². The van der Waals surface area contributed by atoms with Gasteiger partial charge < -0.3 is 19.7 Å². The van der Waals surface area contributed by atoms with Gasteiger partial charge in [0.05, 0.1) is 6.54 Å². The normalized spacial score (nSPS) is 18.6. The number of anilines is 1. The zero-order valence-electron chi connectivity index (χ0n) is 17.1. The second kappa shape index (κ2) is 9.07. The van der Waals surface area contributed by atoms with Crippen molar-refractivity contribution < 1.29 is 32.2 Å². The highest BCUT2D eigenvalue weighted by molar-refractivity contribution is 5.92. The molecular weight excluding hydrogens is 427 g/mol. The van der Waals surface area contributed by atoms with Gasteiger partial charge in [0.15, 0.2) is 6.10 Å². The third kappa shape index (κ3) is 5.50. The molecule has 0 aromatic heterocycles. The maximum Gasteiger partial charge on any atom is 0.573 e. The summed E-state index contributed by atoms with van der Waals surface area (Å²) in [6.45, 7) is 2.18. The minimum absolute atomic E-state index is 0.0496. The van der Waals surface area contributed by atoms with Crippen molar-refractivity contribution in [3.63, 3.8) is 0 Å². The number of nitrogens with zero attached hydrogens (tertiary/aromatic N) is 2. The molecule has 2 heterocycles. The number of hydrogen-bond acceptors (Lipinski definition) is 5. The Bertz CT molecular complexity index is 948. The molecule has 2 aliphatic heterocycles. The second-order valence-electron chi connectivity index (χ2n) is 7.64. The first-order chi connectivity index (χ1) is 15.3. The first-order valence-corrected chi connectivity index (χ1v) is 10.2. The Balaban J connectivity index is 1.21. The quantitative estimate of drug-likeness (QED) is 0.760. The van der Waals surface area contributed by atoms with Gasteiger partial charge >= 0.3 is 6.36 Å². The van der Waals surface area contributed by atoms with E-state index in [9.17, 15) is 22.8 Å². The summed E-state index contributed by atoms with van der Waals surface area (Å²) in [6.07, 6.45) is -4.71. The van der Waals surface area contributed by atoms with E-state index >= 15 is 0 Å². The van der Waals surface area contributed by atoms with Crippen molar-refractivity contribution in [1.29, 1.82) is 0 Å². The predicted octanol–water partition coefficient (Wildman–Crippen LogP) is 2.67. The highest BCUT2D eigenvalue weighted by Gasteiger charge is 2.34. The molecule has 0 spiro atoms. The molecule has 0 saturated carbocycles. The molecule has 0 unspecified atom stereocenters. The number of hydrogen-bond donors (Lipinski definition) is 1. The molecule has 2 amide bonds. The van der Waals surface area contributed by atoms with Gasteiger partial charge in [-0.05, 0) is 35.9 Å². The molecule has 170 valence electrons. The van der Waals surface area contributed by atoms with Gasteiger partial charge in [0.2, 0.25) is 5.91 Å². The average molecular weight is 449 g/mol. The molecule has 2 aromatic rings. The molecule has 1 atom stereocenters. The fraction of sp³-hybridized carbons (Fsp3) is 0.364. The number of alkyl halides is 3. The number of rotatable bonds is 5. The van der Waals surface area contributed by atoms with Gasteiger partial charge in [0.1, 0.15) is 11.5 Å². The van der Waals surface area contributed by atoms with Gasteiger partial charge in [-0.2, -0.15) is 0 Å². The topological polar surface area (TPSA) is 71.1 Å². The van der Waals surface area contributed by atoms with Crippen LogP contribution in [0.2, 0.25) is 0 Å². The monoisotopic (exact) mass is 449 g/mol. The minimum atomic E-state index is -4.76. The number of para-hydroxylation sites is 1. The summed E-state index contributed by atoms with van der Waals surface area (Å²) >= 11 is 0. The van der Waals surface area contributed by atoms with Crippen LogP contribution in [0.5, 0.6) is 11.5 Å². The van der Waals surface area contributed by atoms with E-state index in [0.29, 0.717) is 38.3 Å². The Kier molecular flexibility index (Phi) is 6.22. The Morgan fingerprint density at radius 1 is 1.03 bits per heavy atom. The molecule has 1 N–H and O–H groups in total. The number of amides is 2. The third-order valence-electron chi connectivity index (χ3n) is 5.35. The van der Waals surface area contributed by atoms with E-state index < -0.39 is 12.5 Å². The fourth-order valence-corrected chi connectivity index (χ4v) is 3.79. The lowest BCUT2D eigenvalue weighted by atomic mass is 10.1. The predicted molar refractivity (Wildman–Crippen MR) is 109 cm³/mol. The van der Waals surface area contributed by atoms with Crippen molar-refractivity contribution in [2.24, 2.45) is 0 Å². The second-order valence-corrected chi connectivity index (χ2v) is 7.64. The first-order valence-electron chi connectivity index (χ1n) is 10.2. The van der Waals surface area contributed by atoms with E-state index in [1.54, 1.807) is 4.90 Å². The van der Waals surface area contributed by atoms with E-state index in [1.165, 1.54) is 12.1 Å². The molecule has 2 aliphatic rings. The summed E-state index contributed by atoms with van der Waals surface area (Å²) in [5, 5.41) is 2.65. The van der Waals surface area contributed by atoms with E-state index in [0.717, 1.165) is 23.4 Å². The summed E-state index contributed by atoms with van der Waals surface area (Å²) < 4.78 is 46.2. The number of carbonyl (C=O) groups excluding carboxylic acids is 2. The van der Waals surface area contributed by atoms with Crippen molar-refractivity contribution in [1.82, 2.24) is 9.80 Å². The van der Waals surface area contributed by atoms with Crippen LogP contribution >= 0.6 is 0 Å². The molecule has 7 nitrogen and oxygen atoms in total. The van der Waals surface area contributed by atoms with Gasteiger partial charge in [-0.15, -0.1) is 13.2 Å². The number of ether oxygens (including phenoxy) is 2. The number of piperazine rings is 1. The Morgan fingerprint density at radius 2 is 1.72 bits per heavy atom. The number of fused-ring (bicyclic) bond motifs is 1. The van der Waals surface area contributed by atoms with Crippen molar-refractivity contribution in [3.05, 3.63) is 54.1 Å². The molecule has 32 heavy (non-hydrogen) atoms. The molecule has 0 radical (unpaired) electrons. The van der Waals surface area contributed by atoms with Gasteiger partial charge in [0, 0.05) is 38.3 Å². The van der Waals surface area contributed by atoms with Crippen LogP contribution in [0.1, 0.15) is 5.56 Å². The van der Waals surface area contributed by atoms with E-state index in [1.807, 2.05) is 29.2 Å². The summed E-state index contributed by atoms with van der Waals surface area (Å²) in [5.74, 6) is 0.0556. The van der Waals surface area contributed by atoms with Crippen LogP contribution in [-0.4, -0.2) is 66.8 Å². The molecular formula is C22H22F3N3O4. The lowest BCUT2D eigenvalue weighted by molar-refractivity contribution is -0.274. The summed E-state index contributed by atoms with van der Waals surface area (Å²) in [4.78, 5) is 28.7. The zero-order valence-corrected chi connectivity index (χ0v) is 17.1. The molecule has 1 saturated heterocycles. The van der Waals surface area contributed by atoms with E-state index in [-0.39, 0.29) is 24.1 Å². The molecule has 0 bridgehead atoms.